The smallest absolute Gasteiger partial charge is 0.332 e. The SMILES string of the molecule is Cc1nnc(N[C@@H]2CCN(c3cc(=O)n(C)c(=O)n3C)C2)nc1C. The Morgan fingerprint density at radius 1 is 1.12 bits per heavy atom. The molecule has 1 aliphatic heterocycles. The van der Waals surface area contributed by atoms with Gasteiger partial charge in [-0.25, -0.2) is 9.78 Å². The predicted molar refractivity (Wildman–Crippen MR) is 90.5 cm³/mol. The van der Waals surface area contributed by atoms with E-state index in [0.29, 0.717) is 18.3 Å². The van der Waals surface area contributed by atoms with Crippen LogP contribution in [0.1, 0.15) is 17.8 Å². The van der Waals surface area contributed by atoms with Gasteiger partial charge in [0, 0.05) is 39.3 Å². The number of anilines is 2. The molecule has 9 heteroatoms. The highest BCUT2D eigenvalue weighted by Crippen LogP contribution is 2.19. The zero-order chi connectivity index (χ0) is 17.4. The van der Waals surface area contributed by atoms with Crippen LogP contribution >= 0.6 is 0 Å². The molecule has 3 rings (SSSR count). The van der Waals surface area contributed by atoms with Gasteiger partial charge in [-0.3, -0.25) is 13.9 Å². The second-order valence-corrected chi connectivity index (χ2v) is 6.12. The summed E-state index contributed by atoms with van der Waals surface area (Å²) in [6.45, 7) is 5.17. The summed E-state index contributed by atoms with van der Waals surface area (Å²) < 4.78 is 2.60. The molecule has 1 N–H and O–H groups in total. The lowest BCUT2D eigenvalue weighted by Crippen LogP contribution is -2.40. The second-order valence-electron chi connectivity index (χ2n) is 6.12. The number of hydrogen-bond donors (Lipinski definition) is 1. The van der Waals surface area contributed by atoms with E-state index < -0.39 is 0 Å². The third kappa shape index (κ3) is 2.89. The van der Waals surface area contributed by atoms with E-state index in [-0.39, 0.29) is 17.3 Å². The van der Waals surface area contributed by atoms with Gasteiger partial charge < -0.3 is 10.2 Å². The van der Waals surface area contributed by atoms with Crippen LogP contribution in [-0.4, -0.2) is 43.4 Å². The molecule has 1 fully saturated rings. The molecular weight excluding hydrogens is 310 g/mol. The van der Waals surface area contributed by atoms with Gasteiger partial charge in [-0.15, -0.1) is 5.10 Å². The number of aryl methyl sites for hydroxylation is 2. The van der Waals surface area contributed by atoms with Gasteiger partial charge in [-0.05, 0) is 20.3 Å². The van der Waals surface area contributed by atoms with Crippen LogP contribution < -0.4 is 21.5 Å². The third-order valence-electron chi connectivity index (χ3n) is 4.44. The van der Waals surface area contributed by atoms with Crippen LogP contribution in [0.25, 0.3) is 0 Å². The summed E-state index contributed by atoms with van der Waals surface area (Å²) in [7, 11) is 3.15. The van der Waals surface area contributed by atoms with Gasteiger partial charge in [0.2, 0.25) is 5.95 Å². The quantitative estimate of drug-likeness (QED) is 0.815. The zero-order valence-corrected chi connectivity index (χ0v) is 14.3. The third-order valence-corrected chi connectivity index (χ3v) is 4.44. The first-order valence-electron chi connectivity index (χ1n) is 7.83. The van der Waals surface area contributed by atoms with Crippen molar-refractivity contribution in [1.29, 1.82) is 0 Å². The maximum Gasteiger partial charge on any atom is 0.332 e. The van der Waals surface area contributed by atoms with Crippen molar-refractivity contribution in [2.45, 2.75) is 26.3 Å². The number of rotatable bonds is 3. The van der Waals surface area contributed by atoms with Gasteiger partial charge in [0.05, 0.1) is 11.4 Å². The van der Waals surface area contributed by atoms with E-state index in [1.165, 1.54) is 17.7 Å². The van der Waals surface area contributed by atoms with Crippen molar-refractivity contribution in [2.24, 2.45) is 14.1 Å². The van der Waals surface area contributed by atoms with Crippen LogP contribution in [0.4, 0.5) is 11.8 Å². The number of nitrogens with zero attached hydrogens (tertiary/aromatic N) is 6. The molecule has 1 atom stereocenters. The topological polar surface area (TPSA) is 97.9 Å². The van der Waals surface area contributed by atoms with E-state index in [1.54, 1.807) is 7.05 Å². The van der Waals surface area contributed by atoms with E-state index in [0.717, 1.165) is 28.9 Å². The van der Waals surface area contributed by atoms with Gasteiger partial charge in [-0.2, -0.15) is 5.10 Å². The Labute approximate surface area is 139 Å². The first kappa shape index (κ1) is 16.2. The van der Waals surface area contributed by atoms with Crippen LogP contribution in [0.2, 0.25) is 0 Å². The molecule has 24 heavy (non-hydrogen) atoms. The van der Waals surface area contributed by atoms with Crippen LogP contribution in [0, 0.1) is 13.8 Å². The van der Waals surface area contributed by atoms with E-state index in [9.17, 15) is 9.59 Å². The van der Waals surface area contributed by atoms with Crippen LogP contribution in [0.3, 0.4) is 0 Å². The number of nitrogens with one attached hydrogen (secondary N) is 1. The van der Waals surface area contributed by atoms with Gasteiger partial charge in [0.1, 0.15) is 5.82 Å². The van der Waals surface area contributed by atoms with Gasteiger partial charge >= 0.3 is 5.69 Å². The molecule has 0 amide bonds. The molecule has 0 aromatic carbocycles. The minimum atomic E-state index is -0.324. The predicted octanol–water partition coefficient (Wildman–Crippen LogP) is -0.423. The minimum absolute atomic E-state index is 0.132. The first-order valence-corrected chi connectivity index (χ1v) is 7.83. The van der Waals surface area contributed by atoms with E-state index in [4.69, 9.17) is 0 Å². The maximum absolute atomic E-state index is 12.1. The Morgan fingerprint density at radius 2 is 1.88 bits per heavy atom. The minimum Gasteiger partial charge on any atom is -0.356 e. The largest absolute Gasteiger partial charge is 0.356 e. The molecule has 2 aromatic rings. The molecule has 128 valence electrons. The zero-order valence-electron chi connectivity index (χ0n) is 14.3. The summed E-state index contributed by atoms with van der Waals surface area (Å²) >= 11 is 0. The number of hydrogen-bond acceptors (Lipinski definition) is 7. The molecule has 0 aliphatic carbocycles. The number of aromatic nitrogens is 5. The van der Waals surface area contributed by atoms with Crippen molar-refractivity contribution < 1.29 is 0 Å². The first-order chi connectivity index (χ1) is 11.4. The van der Waals surface area contributed by atoms with Crippen LogP contribution in [0.15, 0.2) is 15.7 Å². The molecule has 0 bridgehead atoms. The van der Waals surface area contributed by atoms with Crippen LogP contribution in [0.5, 0.6) is 0 Å². The summed E-state index contributed by atoms with van der Waals surface area (Å²) in [5, 5.41) is 11.4. The normalized spacial score (nSPS) is 17.3. The van der Waals surface area contributed by atoms with Crippen molar-refractivity contribution in [1.82, 2.24) is 24.3 Å². The van der Waals surface area contributed by atoms with Crippen molar-refractivity contribution in [2.75, 3.05) is 23.3 Å². The lowest BCUT2D eigenvalue weighted by molar-refractivity contribution is 0.672. The maximum atomic E-state index is 12.1. The summed E-state index contributed by atoms with van der Waals surface area (Å²) in [5.74, 6) is 1.13. The average Bonchev–Trinajstić information content (AvgIpc) is 3.00. The molecule has 0 radical (unpaired) electrons. The fourth-order valence-corrected chi connectivity index (χ4v) is 2.81. The Morgan fingerprint density at radius 3 is 2.58 bits per heavy atom. The van der Waals surface area contributed by atoms with Gasteiger partial charge in [-0.1, -0.05) is 0 Å². The van der Waals surface area contributed by atoms with Crippen LogP contribution in [-0.2, 0) is 14.1 Å². The molecule has 3 heterocycles. The molecule has 2 aromatic heterocycles. The fourth-order valence-electron chi connectivity index (χ4n) is 2.81. The molecule has 1 saturated heterocycles. The highest BCUT2D eigenvalue weighted by Gasteiger charge is 2.25. The van der Waals surface area contributed by atoms with Gasteiger partial charge in [0.25, 0.3) is 5.56 Å². The molecule has 9 nitrogen and oxygen atoms in total. The second kappa shape index (κ2) is 6.06. The Bertz CT molecular complexity index is 886. The molecule has 1 aliphatic rings. The molecule has 0 unspecified atom stereocenters. The van der Waals surface area contributed by atoms with E-state index in [2.05, 4.69) is 20.5 Å². The summed E-state index contributed by atoms with van der Waals surface area (Å²) in [4.78, 5) is 30.4. The highest BCUT2D eigenvalue weighted by molar-refractivity contribution is 5.41. The standard InChI is InChI=1S/C15H21N7O2/c1-9-10(2)18-19-14(16-9)17-11-5-6-22(8-11)12-7-13(23)21(4)15(24)20(12)3/h7,11H,5-6,8H2,1-4H3,(H,16,17,19)/t11-/m1/s1. The molecular formula is C15H21N7O2. The van der Waals surface area contributed by atoms with E-state index in [1.807, 2.05) is 18.7 Å². The van der Waals surface area contributed by atoms with Crippen molar-refractivity contribution in [3.63, 3.8) is 0 Å². The Balaban J connectivity index is 1.77. The molecule has 0 spiro atoms. The van der Waals surface area contributed by atoms with Gasteiger partial charge in [0.15, 0.2) is 0 Å². The average molecular weight is 331 g/mol. The van der Waals surface area contributed by atoms with Crippen molar-refractivity contribution >= 4 is 11.8 Å². The summed E-state index contributed by atoms with van der Waals surface area (Å²) in [6.07, 6.45) is 0.861. The van der Waals surface area contributed by atoms with Crippen molar-refractivity contribution in [3.05, 3.63) is 38.3 Å². The summed E-state index contributed by atoms with van der Waals surface area (Å²) in [6, 6.07) is 1.63. The Kier molecular flexibility index (Phi) is 4.08. The lowest BCUT2D eigenvalue weighted by atomic mass is 10.3. The lowest BCUT2D eigenvalue weighted by Gasteiger charge is -2.21. The van der Waals surface area contributed by atoms with Crippen molar-refractivity contribution in [3.8, 4) is 0 Å². The highest BCUT2D eigenvalue weighted by atomic mass is 16.2. The summed E-state index contributed by atoms with van der Waals surface area (Å²) in [5.41, 5.74) is 1.03. The molecule has 0 saturated carbocycles. The Hall–Kier alpha value is -2.71. The fraction of sp³-hybridized carbons (Fsp3) is 0.533. The monoisotopic (exact) mass is 331 g/mol. The van der Waals surface area contributed by atoms with E-state index >= 15 is 0 Å².